The number of amides is 2. The number of hydrogen-bond acceptors (Lipinski definition) is 8. The van der Waals surface area contributed by atoms with Crippen LogP contribution in [0.25, 0.3) is 5.69 Å². The third-order valence-corrected chi connectivity index (χ3v) is 5.62. The first-order chi connectivity index (χ1) is 16.9. The lowest BCUT2D eigenvalue weighted by Crippen LogP contribution is -2.49. The maximum absolute atomic E-state index is 13.6. The molecule has 2 amide bonds. The average molecular weight is 489 g/mol. The van der Waals surface area contributed by atoms with Gasteiger partial charge in [0.2, 0.25) is 5.75 Å². The minimum Gasteiger partial charge on any atom is -0.493 e. The van der Waals surface area contributed by atoms with Gasteiger partial charge in [0.25, 0.3) is 0 Å². The fourth-order valence-electron chi connectivity index (χ4n) is 3.79. The fourth-order valence-corrected chi connectivity index (χ4v) is 3.79. The number of aromatic nitrogens is 4. The second-order valence-electron chi connectivity index (χ2n) is 7.71. The number of ether oxygens (including phenoxy) is 3. The van der Waals surface area contributed by atoms with Gasteiger partial charge in [0.15, 0.2) is 29.0 Å². The van der Waals surface area contributed by atoms with E-state index in [0.717, 1.165) is 12.1 Å². The molecule has 0 spiro atoms. The highest BCUT2D eigenvalue weighted by Gasteiger charge is 2.24. The number of carbonyl (C=O) groups is 1. The number of hydrogen-bond donors (Lipinski definition) is 1. The van der Waals surface area contributed by atoms with Crippen LogP contribution in [-0.4, -0.2) is 83.5 Å². The predicted molar refractivity (Wildman–Crippen MR) is 121 cm³/mol. The molecule has 0 radical (unpaired) electrons. The molecule has 1 aliphatic rings. The Bertz CT molecular complexity index is 1170. The third kappa shape index (κ3) is 5.24. The normalized spacial score (nSPS) is 14.0. The summed E-state index contributed by atoms with van der Waals surface area (Å²) in [4.78, 5) is 16.6. The van der Waals surface area contributed by atoms with E-state index in [1.807, 2.05) is 0 Å². The molecule has 1 N–H and O–H groups in total. The van der Waals surface area contributed by atoms with Crippen LogP contribution in [0.15, 0.2) is 30.3 Å². The summed E-state index contributed by atoms with van der Waals surface area (Å²) in [7, 11) is 4.52. The molecule has 0 unspecified atom stereocenters. The fraction of sp³-hybridized carbons (Fsp3) is 0.364. The lowest BCUT2D eigenvalue weighted by Gasteiger charge is -2.34. The Hall–Kier alpha value is -4.00. The Morgan fingerprint density at radius 1 is 0.971 bits per heavy atom. The zero-order valence-electron chi connectivity index (χ0n) is 19.5. The Labute approximate surface area is 200 Å². The number of nitrogens with one attached hydrogen (secondary N) is 1. The van der Waals surface area contributed by atoms with Crippen LogP contribution in [0, 0.1) is 11.6 Å². The Kier molecular flexibility index (Phi) is 7.25. The summed E-state index contributed by atoms with van der Waals surface area (Å²) in [6, 6.07) is 6.54. The summed E-state index contributed by atoms with van der Waals surface area (Å²) in [6.07, 6.45) is 0. The molecular weight excluding hydrogens is 464 g/mol. The number of tetrazole rings is 1. The molecule has 1 aliphatic heterocycles. The van der Waals surface area contributed by atoms with E-state index >= 15 is 0 Å². The molecule has 2 heterocycles. The van der Waals surface area contributed by atoms with Crippen molar-refractivity contribution in [3.63, 3.8) is 0 Å². The minimum atomic E-state index is -0.976. The molecule has 1 aromatic heterocycles. The Morgan fingerprint density at radius 3 is 2.26 bits per heavy atom. The van der Waals surface area contributed by atoms with Crippen LogP contribution in [-0.2, 0) is 6.54 Å². The van der Waals surface area contributed by atoms with Gasteiger partial charge in [0, 0.05) is 44.4 Å². The van der Waals surface area contributed by atoms with Crippen LogP contribution in [0.4, 0.5) is 19.3 Å². The molecule has 13 heteroatoms. The number of rotatable bonds is 7. The van der Waals surface area contributed by atoms with Gasteiger partial charge in [-0.2, -0.15) is 4.68 Å². The Morgan fingerprint density at radius 2 is 1.66 bits per heavy atom. The first kappa shape index (κ1) is 24.1. The molecule has 186 valence electrons. The number of urea groups is 1. The predicted octanol–water partition coefficient (Wildman–Crippen LogP) is 2.32. The molecule has 0 aliphatic carbocycles. The van der Waals surface area contributed by atoms with Crippen molar-refractivity contribution in [3.05, 3.63) is 47.8 Å². The van der Waals surface area contributed by atoms with Crippen molar-refractivity contribution >= 4 is 11.7 Å². The van der Waals surface area contributed by atoms with Gasteiger partial charge in [0.05, 0.1) is 39.2 Å². The highest BCUT2D eigenvalue weighted by atomic mass is 19.2. The highest BCUT2D eigenvalue weighted by Crippen LogP contribution is 2.40. The smallest absolute Gasteiger partial charge is 0.321 e. The van der Waals surface area contributed by atoms with Gasteiger partial charge in [-0.15, -0.1) is 5.10 Å². The molecular formula is C22H25F2N7O4. The maximum atomic E-state index is 13.6. The summed E-state index contributed by atoms with van der Waals surface area (Å²) in [5, 5.41) is 14.4. The van der Waals surface area contributed by atoms with Crippen LogP contribution in [0.2, 0.25) is 0 Å². The van der Waals surface area contributed by atoms with Crippen molar-refractivity contribution in [3.8, 4) is 22.9 Å². The zero-order valence-corrected chi connectivity index (χ0v) is 19.5. The SMILES string of the molecule is COc1cc(NC(=O)N2CCN(Cc3nnnn3-c3ccc(F)c(F)c3)CC2)cc(OC)c1OC. The van der Waals surface area contributed by atoms with E-state index in [9.17, 15) is 13.6 Å². The quantitative estimate of drug-likeness (QED) is 0.539. The van der Waals surface area contributed by atoms with E-state index in [0.29, 0.717) is 67.2 Å². The molecule has 0 saturated carbocycles. The van der Waals surface area contributed by atoms with Crippen molar-refractivity contribution < 1.29 is 27.8 Å². The minimum absolute atomic E-state index is 0.259. The standard InChI is InChI=1S/C22H25F2N7O4/c1-33-18-10-14(11-19(34-2)21(18)35-3)25-22(32)30-8-6-29(7-9-30)13-20-26-27-28-31(20)15-4-5-16(23)17(24)12-15/h4-5,10-12H,6-9,13H2,1-3H3,(H,25,32). The number of nitrogens with zero attached hydrogens (tertiary/aromatic N) is 6. The molecule has 0 bridgehead atoms. The molecule has 0 atom stereocenters. The lowest BCUT2D eigenvalue weighted by molar-refractivity contribution is 0.140. The van der Waals surface area contributed by atoms with Crippen molar-refractivity contribution in [1.82, 2.24) is 30.0 Å². The molecule has 1 saturated heterocycles. The number of benzene rings is 2. The Balaban J connectivity index is 1.36. The highest BCUT2D eigenvalue weighted by molar-refractivity contribution is 5.90. The van der Waals surface area contributed by atoms with E-state index in [1.165, 1.54) is 32.1 Å². The molecule has 3 aromatic rings. The summed E-state index contributed by atoms with van der Waals surface area (Å²) in [5.41, 5.74) is 0.838. The first-order valence-electron chi connectivity index (χ1n) is 10.7. The lowest BCUT2D eigenvalue weighted by atomic mass is 10.2. The van der Waals surface area contributed by atoms with E-state index in [-0.39, 0.29) is 6.03 Å². The van der Waals surface area contributed by atoms with Gasteiger partial charge >= 0.3 is 6.03 Å². The molecule has 11 nitrogen and oxygen atoms in total. The zero-order chi connectivity index (χ0) is 24.9. The van der Waals surface area contributed by atoms with Crippen molar-refractivity contribution in [2.24, 2.45) is 0 Å². The van der Waals surface area contributed by atoms with Gasteiger partial charge in [-0.25, -0.2) is 13.6 Å². The molecule has 1 fully saturated rings. The van der Waals surface area contributed by atoms with Crippen LogP contribution in [0.5, 0.6) is 17.2 Å². The van der Waals surface area contributed by atoms with Gasteiger partial charge in [0.1, 0.15) is 0 Å². The average Bonchev–Trinajstić information content (AvgIpc) is 3.33. The van der Waals surface area contributed by atoms with E-state index in [2.05, 4.69) is 25.7 Å². The summed E-state index contributed by atoms with van der Waals surface area (Å²) >= 11 is 0. The van der Waals surface area contributed by atoms with Gasteiger partial charge in [-0.3, -0.25) is 4.90 Å². The largest absolute Gasteiger partial charge is 0.493 e. The van der Waals surface area contributed by atoms with Crippen LogP contribution >= 0.6 is 0 Å². The first-order valence-corrected chi connectivity index (χ1v) is 10.7. The van der Waals surface area contributed by atoms with Crippen LogP contribution in [0.3, 0.4) is 0 Å². The van der Waals surface area contributed by atoms with Crippen molar-refractivity contribution in [1.29, 1.82) is 0 Å². The van der Waals surface area contributed by atoms with Gasteiger partial charge in [-0.05, 0) is 22.6 Å². The van der Waals surface area contributed by atoms with E-state index in [4.69, 9.17) is 14.2 Å². The molecule has 4 rings (SSSR count). The second kappa shape index (κ2) is 10.5. The number of anilines is 1. The molecule has 35 heavy (non-hydrogen) atoms. The number of halogens is 2. The molecule has 2 aromatic carbocycles. The topological polar surface area (TPSA) is 107 Å². The maximum Gasteiger partial charge on any atom is 0.321 e. The van der Waals surface area contributed by atoms with Crippen molar-refractivity contribution in [2.75, 3.05) is 52.8 Å². The monoisotopic (exact) mass is 489 g/mol. The number of piperazine rings is 1. The number of methoxy groups -OCH3 is 3. The van der Waals surface area contributed by atoms with Crippen molar-refractivity contribution in [2.45, 2.75) is 6.54 Å². The summed E-state index contributed by atoms with van der Waals surface area (Å²) in [5.74, 6) is -0.130. The van der Waals surface area contributed by atoms with Crippen LogP contribution < -0.4 is 19.5 Å². The third-order valence-electron chi connectivity index (χ3n) is 5.62. The summed E-state index contributed by atoms with van der Waals surface area (Å²) in [6.45, 7) is 2.49. The summed E-state index contributed by atoms with van der Waals surface area (Å²) < 4.78 is 44.2. The van der Waals surface area contributed by atoms with Gasteiger partial charge in [-0.1, -0.05) is 0 Å². The van der Waals surface area contributed by atoms with E-state index in [1.54, 1.807) is 17.0 Å². The van der Waals surface area contributed by atoms with Crippen LogP contribution in [0.1, 0.15) is 5.82 Å². The van der Waals surface area contributed by atoms with E-state index < -0.39 is 11.6 Å². The second-order valence-corrected chi connectivity index (χ2v) is 7.71. The number of carbonyl (C=O) groups excluding carboxylic acids is 1. The van der Waals surface area contributed by atoms with Gasteiger partial charge < -0.3 is 24.4 Å².